The second-order valence-corrected chi connectivity index (χ2v) is 4.41. The second kappa shape index (κ2) is 5.15. The van der Waals surface area contributed by atoms with E-state index in [1.54, 1.807) is 16.3 Å². The van der Waals surface area contributed by atoms with Crippen molar-refractivity contribution in [1.29, 1.82) is 0 Å². The van der Waals surface area contributed by atoms with Crippen LogP contribution in [-0.2, 0) is 4.74 Å². The molecule has 0 spiro atoms. The van der Waals surface area contributed by atoms with Crippen LogP contribution >= 0.6 is 11.3 Å². The van der Waals surface area contributed by atoms with E-state index in [9.17, 15) is 9.59 Å². The predicted octanol–water partition coefficient (Wildman–Crippen LogP) is 1.31. The van der Waals surface area contributed by atoms with Gasteiger partial charge in [-0.2, -0.15) is 0 Å². The highest BCUT2D eigenvalue weighted by molar-refractivity contribution is 7.12. The highest BCUT2D eigenvalue weighted by atomic mass is 32.1. The monoisotopic (exact) mass is 256 g/mol. The maximum absolute atomic E-state index is 11.8. The topological polar surface area (TPSA) is 78.9 Å². The van der Waals surface area contributed by atoms with Gasteiger partial charge in [-0.05, 0) is 11.4 Å². The summed E-state index contributed by atoms with van der Waals surface area (Å²) >= 11 is 1.09. The van der Waals surface area contributed by atoms with E-state index in [1.165, 1.54) is 0 Å². The lowest BCUT2D eigenvalue weighted by molar-refractivity contribution is 0.0564. The number of carboxylic acids is 1. The van der Waals surface area contributed by atoms with Crippen molar-refractivity contribution in [2.24, 2.45) is 0 Å². The van der Waals surface area contributed by atoms with Crippen molar-refractivity contribution < 1.29 is 19.4 Å². The van der Waals surface area contributed by atoms with Crippen molar-refractivity contribution in [1.82, 2.24) is 4.90 Å². The molecule has 2 N–H and O–H groups in total. The third-order valence-electron chi connectivity index (χ3n) is 2.40. The number of carbonyl (C=O) groups excluding carboxylic acids is 1. The van der Waals surface area contributed by atoms with Gasteiger partial charge >= 0.3 is 12.0 Å². The molecule has 2 rings (SSSR count). The molecule has 1 aliphatic rings. The molecule has 0 aromatic carbocycles. The van der Waals surface area contributed by atoms with Crippen LogP contribution in [0.25, 0.3) is 0 Å². The Balaban J connectivity index is 2.02. The van der Waals surface area contributed by atoms with Gasteiger partial charge < -0.3 is 20.1 Å². The van der Waals surface area contributed by atoms with Crippen LogP contribution < -0.4 is 5.32 Å². The molecule has 1 saturated heterocycles. The quantitative estimate of drug-likeness (QED) is 0.836. The van der Waals surface area contributed by atoms with Crippen LogP contribution in [0.15, 0.2) is 11.4 Å². The molecule has 1 aromatic heterocycles. The Morgan fingerprint density at radius 1 is 1.41 bits per heavy atom. The van der Waals surface area contributed by atoms with Gasteiger partial charge in [0, 0.05) is 13.1 Å². The fourth-order valence-electron chi connectivity index (χ4n) is 1.53. The molecule has 92 valence electrons. The Hall–Kier alpha value is -1.60. The minimum atomic E-state index is -1.03. The molecule has 0 radical (unpaired) electrons. The SMILES string of the molecule is O=C(O)c1sccc1NC(=O)N1CCOCC1. The highest BCUT2D eigenvalue weighted by Crippen LogP contribution is 2.22. The largest absolute Gasteiger partial charge is 0.477 e. The predicted molar refractivity (Wildman–Crippen MR) is 62.7 cm³/mol. The maximum atomic E-state index is 11.8. The summed E-state index contributed by atoms with van der Waals surface area (Å²) in [4.78, 5) is 24.4. The van der Waals surface area contributed by atoms with E-state index in [4.69, 9.17) is 9.84 Å². The zero-order valence-electron chi connectivity index (χ0n) is 9.01. The second-order valence-electron chi connectivity index (χ2n) is 3.50. The summed E-state index contributed by atoms with van der Waals surface area (Å²) in [5.74, 6) is -1.03. The van der Waals surface area contributed by atoms with Gasteiger partial charge in [-0.25, -0.2) is 9.59 Å². The molecule has 7 heteroatoms. The molecule has 17 heavy (non-hydrogen) atoms. The number of carbonyl (C=O) groups is 2. The van der Waals surface area contributed by atoms with Crippen molar-refractivity contribution in [2.75, 3.05) is 31.6 Å². The Morgan fingerprint density at radius 3 is 2.76 bits per heavy atom. The van der Waals surface area contributed by atoms with Crippen molar-refractivity contribution in [3.63, 3.8) is 0 Å². The average Bonchev–Trinajstić information content (AvgIpc) is 2.78. The first-order valence-corrected chi connectivity index (χ1v) is 6.01. The fraction of sp³-hybridized carbons (Fsp3) is 0.400. The third-order valence-corrected chi connectivity index (χ3v) is 3.30. The number of morpholine rings is 1. The Kier molecular flexibility index (Phi) is 3.60. The molecule has 6 nitrogen and oxygen atoms in total. The van der Waals surface area contributed by atoms with Gasteiger partial charge in [0.15, 0.2) is 0 Å². The third kappa shape index (κ3) is 2.75. The molecule has 1 fully saturated rings. The van der Waals surface area contributed by atoms with E-state index >= 15 is 0 Å². The van der Waals surface area contributed by atoms with Gasteiger partial charge in [-0.3, -0.25) is 0 Å². The number of anilines is 1. The molecule has 2 amide bonds. The van der Waals surface area contributed by atoms with E-state index in [0.717, 1.165) is 11.3 Å². The van der Waals surface area contributed by atoms with Crippen molar-refractivity contribution in [3.8, 4) is 0 Å². The van der Waals surface area contributed by atoms with E-state index in [0.29, 0.717) is 32.0 Å². The first-order chi connectivity index (χ1) is 8.18. The lowest BCUT2D eigenvalue weighted by Crippen LogP contribution is -2.43. The van der Waals surface area contributed by atoms with Crippen LogP contribution in [0, 0.1) is 0 Å². The number of urea groups is 1. The summed E-state index contributed by atoms with van der Waals surface area (Å²) in [6, 6.07) is 1.31. The number of nitrogens with one attached hydrogen (secondary N) is 1. The highest BCUT2D eigenvalue weighted by Gasteiger charge is 2.19. The summed E-state index contributed by atoms with van der Waals surface area (Å²) in [7, 11) is 0. The number of ether oxygens (including phenoxy) is 1. The van der Waals surface area contributed by atoms with E-state index in [2.05, 4.69) is 5.32 Å². The van der Waals surface area contributed by atoms with Gasteiger partial charge in [0.1, 0.15) is 4.88 Å². The summed E-state index contributed by atoms with van der Waals surface area (Å²) in [6.07, 6.45) is 0. The zero-order valence-corrected chi connectivity index (χ0v) is 9.83. The first-order valence-electron chi connectivity index (χ1n) is 5.13. The summed E-state index contributed by atoms with van der Waals surface area (Å²) in [6.45, 7) is 2.09. The maximum Gasteiger partial charge on any atom is 0.348 e. The van der Waals surface area contributed by atoms with Crippen molar-refractivity contribution in [2.45, 2.75) is 0 Å². The average molecular weight is 256 g/mol. The van der Waals surface area contributed by atoms with Gasteiger partial charge in [-0.15, -0.1) is 11.3 Å². The smallest absolute Gasteiger partial charge is 0.348 e. The molecule has 0 saturated carbocycles. The van der Waals surface area contributed by atoms with Gasteiger partial charge in [0.25, 0.3) is 0 Å². The molecular formula is C10H12N2O4S. The molecule has 1 aromatic rings. The Bertz CT molecular complexity index is 426. The summed E-state index contributed by atoms with van der Waals surface area (Å²) < 4.78 is 5.13. The molecule has 0 unspecified atom stereocenters. The number of aromatic carboxylic acids is 1. The number of amides is 2. The Morgan fingerprint density at radius 2 is 2.12 bits per heavy atom. The molecule has 0 aliphatic carbocycles. The van der Waals surface area contributed by atoms with Crippen LogP contribution in [0.1, 0.15) is 9.67 Å². The minimum Gasteiger partial charge on any atom is -0.477 e. The van der Waals surface area contributed by atoms with Gasteiger partial charge in [0.05, 0.1) is 18.9 Å². The molecular weight excluding hydrogens is 244 g/mol. The number of nitrogens with zero attached hydrogens (tertiary/aromatic N) is 1. The van der Waals surface area contributed by atoms with Gasteiger partial charge in [0.2, 0.25) is 0 Å². The minimum absolute atomic E-state index is 0.145. The summed E-state index contributed by atoms with van der Waals surface area (Å²) in [5.41, 5.74) is 0.346. The van der Waals surface area contributed by atoms with Crippen LogP contribution in [0.5, 0.6) is 0 Å². The molecule has 2 heterocycles. The normalized spacial score (nSPS) is 15.6. The molecule has 0 bridgehead atoms. The number of hydrogen-bond acceptors (Lipinski definition) is 4. The zero-order chi connectivity index (χ0) is 12.3. The Labute approximate surface area is 102 Å². The number of carboxylic acid groups (broad SMARTS) is 1. The van der Waals surface area contributed by atoms with Crippen LogP contribution in [0.4, 0.5) is 10.5 Å². The lowest BCUT2D eigenvalue weighted by Gasteiger charge is -2.26. The first kappa shape index (κ1) is 11.9. The summed E-state index contributed by atoms with van der Waals surface area (Å²) in [5, 5.41) is 13.1. The van der Waals surface area contributed by atoms with Crippen LogP contribution in [-0.4, -0.2) is 48.3 Å². The number of hydrogen-bond donors (Lipinski definition) is 2. The van der Waals surface area contributed by atoms with Crippen LogP contribution in [0.3, 0.4) is 0 Å². The molecule has 1 aliphatic heterocycles. The van der Waals surface area contributed by atoms with E-state index in [1.807, 2.05) is 0 Å². The number of thiophene rings is 1. The van der Waals surface area contributed by atoms with Crippen molar-refractivity contribution in [3.05, 3.63) is 16.3 Å². The van der Waals surface area contributed by atoms with Crippen LogP contribution in [0.2, 0.25) is 0 Å². The lowest BCUT2D eigenvalue weighted by atomic mass is 10.4. The number of rotatable bonds is 2. The fourth-order valence-corrected chi connectivity index (χ4v) is 2.22. The molecule has 0 atom stereocenters. The van der Waals surface area contributed by atoms with Crippen molar-refractivity contribution >= 4 is 29.0 Å². The van der Waals surface area contributed by atoms with Gasteiger partial charge in [-0.1, -0.05) is 0 Å². The van der Waals surface area contributed by atoms with E-state index in [-0.39, 0.29) is 10.9 Å². The van der Waals surface area contributed by atoms with E-state index < -0.39 is 5.97 Å². The standard InChI is InChI=1S/C10H12N2O4S/c13-9(14)8-7(1-6-17-8)11-10(15)12-2-4-16-5-3-12/h1,6H,2-5H2,(H,11,15)(H,13,14).